The molecule has 1 saturated carbocycles. The van der Waals surface area contributed by atoms with Crippen molar-refractivity contribution in [1.82, 2.24) is 0 Å². The predicted octanol–water partition coefficient (Wildman–Crippen LogP) is 3.88. The standard InChI is InChI=1S/C23H25BrN2O4S/c1-15-4-3-5-18(12-15)25(2)22(27)9-11-31(29,30)21-14-20-17(13-19(21)24)8-10-26(20)23(28)16-6-7-16/h3-5,12-14,16H,6-11H2,1-2H3. The number of rotatable bonds is 6. The molecule has 1 fully saturated rings. The molecule has 31 heavy (non-hydrogen) atoms. The zero-order valence-electron chi connectivity index (χ0n) is 17.6. The number of hydrogen-bond donors (Lipinski definition) is 0. The summed E-state index contributed by atoms with van der Waals surface area (Å²) in [5.41, 5.74) is 3.41. The minimum atomic E-state index is -3.72. The van der Waals surface area contributed by atoms with E-state index >= 15 is 0 Å². The molecule has 0 saturated heterocycles. The summed E-state index contributed by atoms with van der Waals surface area (Å²) in [6, 6.07) is 10.9. The number of nitrogens with zero attached hydrogens (tertiary/aromatic N) is 2. The summed E-state index contributed by atoms with van der Waals surface area (Å²) in [5.74, 6) is -0.406. The Bertz CT molecular complexity index is 1160. The molecule has 0 spiro atoms. The number of anilines is 2. The Morgan fingerprint density at radius 3 is 2.61 bits per heavy atom. The zero-order chi connectivity index (χ0) is 22.3. The number of hydrogen-bond acceptors (Lipinski definition) is 4. The molecular formula is C23H25BrN2O4S. The van der Waals surface area contributed by atoms with Crippen LogP contribution in [-0.4, -0.2) is 39.6 Å². The first-order valence-corrected chi connectivity index (χ1v) is 12.8. The lowest BCUT2D eigenvalue weighted by atomic mass is 10.2. The number of carbonyl (C=O) groups is 2. The molecule has 0 atom stereocenters. The number of benzene rings is 2. The van der Waals surface area contributed by atoms with Gasteiger partial charge in [-0.3, -0.25) is 9.59 Å². The fourth-order valence-corrected chi connectivity index (χ4v) is 6.33. The summed E-state index contributed by atoms with van der Waals surface area (Å²) in [6.45, 7) is 2.52. The molecule has 0 N–H and O–H groups in total. The minimum absolute atomic E-state index is 0.0736. The molecule has 2 amide bonds. The van der Waals surface area contributed by atoms with Gasteiger partial charge in [-0.15, -0.1) is 0 Å². The van der Waals surface area contributed by atoms with Gasteiger partial charge >= 0.3 is 0 Å². The van der Waals surface area contributed by atoms with Crippen molar-refractivity contribution < 1.29 is 18.0 Å². The zero-order valence-corrected chi connectivity index (χ0v) is 20.0. The van der Waals surface area contributed by atoms with Gasteiger partial charge in [0.1, 0.15) is 0 Å². The molecule has 0 radical (unpaired) electrons. The lowest BCUT2D eigenvalue weighted by molar-refractivity contribution is -0.119. The third kappa shape index (κ3) is 4.55. The van der Waals surface area contributed by atoms with E-state index in [1.165, 1.54) is 4.90 Å². The normalized spacial score (nSPS) is 15.6. The molecule has 1 aliphatic heterocycles. The topological polar surface area (TPSA) is 74.8 Å². The second-order valence-electron chi connectivity index (χ2n) is 8.29. The molecule has 0 bridgehead atoms. The molecule has 2 aromatic carbocycles. The van der Waals surface area contributed by atoms with Gasteiger partial charge in [0.05, 0.1) is 10.6 Å². The lowest BCUT2D eigenvalue weighted by Crippen LogP contribution is -2.30. The van der Waals surface area contributed by atoms with E-state index in [0.717, 1.165) is 29.7 Å². The maximum Gasteiger partial charge on any atom is 0.230 e. The summed E-state index contributed by atoms with van der Waals surface area (Å²) < 4.78 is 26.7. The average Bonchev–Trinajstić information content (AvgIpc) is 3.50. The first-order chi connectivity index (χ1) is 14.7. The average molecular weight is 505 g/mol. The Hall–Kier alpha value is -2.19. The van der Waals surface area contributed by atoms with Crippen molar-refractivity contribution in [3.8, 4) is 0 Å². The van der Waals surface area contributed by atoms with Crippen molar-refractivity contribution in [3.63, 3.8) is 0 Å². The van der Waals surface area contributed by atoms with Crippen LogP contribution in [-0.2, 0) is 25.8 Å². The third-order valence-corrected chi connectivity index (χ3v) is 8.57. The Morgan fingerprint density at radius 1 is 1.19 bits per heavy atom. The number of halogens is 1. The van der Waals surface area contributed by atoms with Crippen LogP contribution in [0.4, 0.5) is 11.4 Å². The molecule has 1 heterocycles. The van der Waals surface area contributed by atoms with Crippen molar-refractivity contribution >= 4 is 49.0 Å². The second-order valence-corrected chi connectivity index (χ2v) is 11.2. The van der Waals surface area contributed by atoms with Crippen molar-refractivity contribution in [2.75, 3.05) is 29.1 Å². The third-order valence-electron chi connectivity index (χ3n) is 5.90. The summed E-state index contributed by atoms with van der Waals surface area (Å²) in [7, 11) is -2.07. The van der Waals surface area contributed by atoms with Gasteiger partial charge in [-0.25, -0.2) is 8.42 Å². The lowest BCUT2D eigenvalue weighted by Gasteiger charge is -2.19. The molecule has 4 rings (SSSR count). The highest BCUT2D eigenvalue weighted by Gasteiger charge is 2.37. The van der Waals surface area contributed by atoms with E-state index < -0.39 is 9.84 Å². The molecule has 1 aliphatic carbocycles. The van der Waals surface area contributed by atoms with E-state index in [-0.39, 0.29) is 34.8 Å². The summed E-state index contributed by atoms with van der Waals surface area (Å²) in [6.07, 6.45) is 2.40. The largest absolute Gasteiger partial charge is 0.315 e. The molecule has 0 aromatic heterocycles. The number of sulfone groups is 1. The number of aryl methyl sites for hydroxylation is 1. The number of amides is 2. The van der Waals surface area contributed by atoms with E-state index in [1.807, 2.05) is 31.2 Å². The molecule has 8 heteroatoms. The Morgan fingerprint density at radius 2 is 1.94 bits per heavy atom. The Labute approximate surface area is 191 Å². The molecule has 2 aliphatic rings. The fourth-order valence-electron chi connectivity index (χ4n) is 3.89. The van der Waals surface area contributed by atoms with E-state index in [1.54, 1.807) is 24.1 Å². The molecule has 2 aromatic rings. The fraction of sp³-hybridized carbons (Fsp3) is 0.391. The molecular weight excluding hydrogens is 480 g/mol. The minimum Gasteiger partial charge on any atom is -0.315 e. The first-order valence-electron chi connectivity index (χ1n) is 10.4. The van der Waals surface area contributed by atoms with Crippen LogP contribution >= 0.6 is 15.9 Å². The van der Waals surface area contributed by atoms with Crippen molar-refractivity contribution in [3.05, 3.63) is 52.0 Å². The SMILES string of the molecule is Cc1cccc(N(C)C(=O)CCS(=O)(=O)c2cc3c(cc2Br)CCN3C(=O)C2CC2)c1. The highest BCUT2D eigenvalue weighted by Crippen LogP contribution is 2.39. The van der Waals surface area contributed by atoms with Crippen molar-refractivity contribution in [1.29, 1.82) is 0 Å². The van der Waals surface area contributed by atoms with Crippen LogP contribution < -0.4 is 9.80 Å². The van der Waals surface area contributed by atoms with Crippen LogP contribution in [0, 0.1) is 12.8 Å². The van der Waals surface area contributed by atoms with Crippen LogP contribution in [0.3, 0.4) is 0 Å². The van der Waals surface area contributed by atoms with Crippen LogP contribution in [0.25, 0.3) is 0 Å². The summed E-state index contributed by atoms with van der Waals surface area (Å²) in [4.78, 5) is 28.5. The van der Waals surface area contributed by atoms with Gasteiger partial charge in [0, 0.05) is 41.8 Å². The van der Waals surface area contributed by atoms with Crippen molar-refractivity contribution in [2.45, 2.75) is 37.5 Å². The Kier molecular flexibility index (Phi) is 5.96. The predicted molar refractivity (Wildman–Crippen MR) is 124 cm³/mol. The quantitative estimate of drug-likeness (QED) is 0.597. The number of fused-ring (bicyclic) bond motifs is 1. The summed E-state index contributed by atoms with van der Waals surface area (Å²) in [5, 5.41) is 0. The van der Waals surface area contributed by atoms with E-state index in [2.05, 4.69) is 15.9 Å². The highest BCUT2D eigenvalue weighted by molar-refractivity contribution is 9.10. The van der Waals surface area contributed by atoms with E-state index in [9.17, 15) is 18.0 Å². The smallest absolute Gasteiger partial charge is 0.230 e. The highest BCUT2D eigenvalue weighted by atomic mass is 79.9. The van der Waals surface area contributed by atoms with Gasteiger partial charge in [0.2, 0.25) is 11.8 Å². The Balaban J connectivity index is 1.51. The molecule has 0 unspecified atom stereocenters. The van der Waals surface area contributed by atoms with Gasteiger partial charge in [-0.1, -0.05) is 12.1 Å². The van der Waals surface area contributed by atoms with Gasteiger partial charge in [0.15, 0.2) is 9.84 Å². The van der Waals surface area contributed by atoms with E-state index in [0.29, 0.717) is 23.1 Å². The van der Waals surface area contributed by atoms with Gasteiger partial charge in [-0.05, 0) is 77.5 Å². The van der Waals surface area contributed by atoms with Crippen LogP contribution in [0.2, 0.25) is 0 Å². The monoisotopic (exact) mass is 504 g/mol. The van der Waals surface area contributed by atoms with Gasteiger partial charge in [-0.2, -0.15) is 0 Å². The van der Waals surface area contributed by atoms with Crippen molar-refractivity contribution in [2.24, 2.45) is 5.92 Å². The van der Waals surface area contributed by atoms with Crippen LogP contribution in [0.15, 0.2) is 45.8 Å². The molecule has 6 nitrogen and oxygen atoms in total. The van der Waals surface area contributed by atoms with Crippen LogP contribution in [0.1, 0.15) is 30.4 Å². The van der Waals surface area contributed by atoms with E-state index in [4.69, 9.17) is 0 Å². The van der Waals surface area contributed by atoms with Crippen LogP contribution in [0.5, 0.6) is 0 Å². The maximum atomic E-state index is 13.1. The second kappa shape index (κ2) is 8.39. The summed E-state index contributed by atoms with van der Waals surface area (Å²) >= 11 is 3.39. The number of carbonyl (C=O) groups excluding carboxylic acids is 2. The van der Waals surface area contributed by atoms with Gasteiger partial charge in [0.25, 0.3) is 0 Å². The maximum absolute atomic E-state index is 13.1. The first kappa shape index (κ1) is 22.0. The van der Waals surface area contributed by atoms with Gasteiger partial charge < -0.3 is 9.80 Å². The molecule has 164 valence electrons.